The molecule has 1 saturated heterocycles. The van der Waals surface area contributed by atoms with E-state index in [4.69, 9.17) is 4.42 Å². The van der Waals surface area contributed by atoms with Crippen molar-refractivity contribution in [3.05, 3.63) is 66.1 Å². The zero-order valence-electron chi connectivity index (χ0n) is 15.9. The number of amides is 2. The van der Waals surface area contributed by atoms with Crippen LogP contribution in [0.3, 0.4) is 0 Å². The highest BCUT2D eigenvalue weighted by Gasteiger charge is 2.35. The number of anilines is 2. The van der Waals surface area contributed by atoms with Crippen LogP contribution in [0.5, 0.6) is 0 Å². The number of thioether (sulfide) groups is 1. The van der Waals surface area contributed by atoms with Crippen molar-refractivity contribution in [2.24, 2.45) is 0 Å². The van der Waals surface area contributed by atoms with Gasteiger partial charge >= 0.3 is 6.01 Å². The highest BCUT2D eigenvalue weighted by Crippen LogP contribution is 2.31. The van der Waals surface area contributed by atoms with E-state index in [1.165, 1.54) is 0 Å². The van der Waals surface area contributed by atoms with Crippen LogP contribution in [0.15, 0.2) is 63.9 Å². The predicted molar refractivity (Wildman–Crippen MR) is 111 cm³/mol. The van der Waals surface area contributed by atoms with E-state index >= 15 is 0 Å². The molecule has 4 rings (SSSR count). The fourth-order valence-electron chi connectivity index (χ4n) is 3.28. The van der Waals surface area contributed by atoms with Crippen molar-refractivity contribution in [3.63, 3.8) is 0 Å². The SMILES string of the molecule is CCSc1ccccc1C(=O)Nc1nnc(C2CC(=O)N(c3ccccc3)C2)o1. The lowest BCUT2D eigenvalue weighted by Crippen LogP contribution is -2.24. The van der Waals surface area contributed by atoms with Crippen molar-refractivity contribution >= 4 is 35.3 Å². The summed E-state index contributed by atoms with van der Waals surface area (Å²) in [7, 11) is 0. The molecule has 0 spiro atoms. The van der Waals surface area contributed by atoms with E-state index in [0.29, 0.717) is 24.4 Å². The highest BCUT2D eigenvalue weighted by atomic mass is 32.2. The molecule has 148 valence electrons. The van der Waals surface area contributed by atoms with Crippen LogP contribution in [0.4, 0.5) is 11.7 Å². The van der Waals surface area contributed by atoms with Crippen molar-refractivity contribution in [1.29, 1.82) is 0 Å². The van der Waals surface area contributed by atoms with Gasteiger partial charge in [-0.15, -0.1) is 16.9 Å². The van der Waals surface area contributed by atoms with Gasteiger partial charge in [0.05, 0.1) is 11.5 Å². The molecule has 2 amide bonds. The van der Waals surface area contributed by atoms with Crippen LogP contribution in [0.1, 0.15) is 35.5 Å². The zero-order chi connectivity index (χ0) is 20.2. The fourth-order valence-corrected chi connectivity index (χ4v) is 4.08. The summed E-state index contributed by atoms with van der Waals surface area (Å²) in [5.74, 6) is 0.718. The molecule has 0 aliphatic carbocycles. The Morgan fingerprint density at radius 1 is 1.17 bits per heavy atom. The van der Waals surface area contributed by atoms with Crippen LogP contribution >= 0.6 is 11.8 Å². The highest BCUT2D eigenvalue weighted by molar-refractivity contribution is 7.99. The van der Waals surface area contributed by atoms with Crippen molar-refractivity contribution in [2.75, 3.05) is 22.5 Å². The molecule has 1 atom stereocenters. The first-order valence-corrected chi connectivity index (χ1v) is 10.4. The van der Waals surface area contributed by atoms with Crippen molar-refractivity contribution in [3.8, 4) is 0 Å². The van der Waals surface area contributed by atoms with Gasteiger partial charge in [0.2, 0.25) is 11.8 Å². The van der Waals surface area contributed by atoms with Crippen molar-refractivity contribution in [2.45, 2.75) is 24.2 Å². The number of nitrogens with one attached hydrogen (secondary N) is 1. The van der Waals surface area contributed by atoms with Crippen LogP contribution < -0.4 is 10.2 Å². The topological polar surface area (TPSA) is 88.3 Å². The Bertz CT molecular complexity index is 1020. The lowest BCUT2D eigenvalue weighted by Gasteiger charge is -2.15. The maximum absolute atomic E-state index is 12.6. The summed E-state index contributed by atoms with van der Waals surface area (Å²) >= 11 is 1.59. The summed E-state index contributed by atoms with van der Waals surface area (Å²) in [6, 6.07) is 16.9. The average molecular weight is 408 g/mol. The molecule has 1 aliphatic rings. The van der Waals surface area contributed by atoms with Gasteiger partial charge in [0, 0.05) is 23.5 Å². The molecular weight excluding hydrogens is 388 g/mol. The third-order valence-corrected chi connectivity index (χ3v) is 5.59. The number of para-hydroxylation sites is 1. The van der Waals surface area contributed by atoms with Gasteiger partial charge in [0.15, 0.2) is 0 Å². The second kappa shape index (κ2) is 8.48. The van der Waals surface area contributed by atoms with E-state index in [1.807, 2.05) is 55.5 Å². The molecule has 29 heavy (non-hydrogen) atoms. The maximum Gasteiger partial charge on any atom is 0.322 e. The molecule has 8 heteroatoms. The number of aromatic nitrogens is 2. The number of nitrogens with zero attached hydrogens (tertiary/aromatic N) is 3. The minimum atomic E-state index is -0.301. The molecule has 3 aromatic rings. The molecule has 0 radical (unpaired) electrons. The van der Waals surface area contributed by atoms with Gasteiger partial charge in [-0.3, -0.25) is 14.9 Å². The molecule has 1 aromatic heterocycles. The van der Waals surface area contributed by atoms with E-state index in [2.05, 4.69) is 15.5 Å². The van der Waals surface area contributed by atoms with Crippen LogP contribution in [0.2, 0.25) is 0 Å². The molecule has 1 N–H and O–H groups in total. The predicted octanol–water partition coefficient (Wildman–Crippen LogP) is 3.95. The van der Waals surface area contributed by atoms with Crippen LogP contribution in [0.25, 0.3) is 0 Å². The fraction of sp³-hybridized carbons (Fsp3) is 0.238. The van der Waals surface area contributed by atoms with E-state index < -0.39 is 0 Å². The number of hydrogen-bond acceptors (Lipinski definition) is 6. The molecule has 1 unspecified atom stereocenters. The Balaban J connectivity index is 1.45. The van der Waals surface area contributed by atoms with E-state index in [9.17, 15) is 9.59 Å². The van der Waals surface area contributed by atoms with Gasteiger partial charge in [0.25, 0.3) is 5.91 Å². The van der Waals surface area contributed by atoms with E-state index in [1.54, 1.807) is 22.7 Å². The zero-order valence-corrected chi connectivity index (χ0v) is 16.7. The lowest BCUT2D eigenvalue weighted by atomic mass is 10.1. The Morgan fingerprint density at radius 3 is 2.72 bits per heavy atom. The van der Waals surface area contributed by atoms with Gasteiger partial charge in [0.1, 0.15) is 0 Å². The van der Waals surface area contributed by atoms with Gasteiger partial charge in [-0.2, -0.15) is 0 Å². The maximum atomic E-state index is 12.6. The Morgan fingerprint density at radius 2 is 1.93 bits per heavy atom. The van der Waals surface area contributed by atoms with Gasteiger partial charge in [-0.1, -0.05) is 42.4 Å². The molecule has 0 saturated carbocycles. The van der Waals surface area contributed by atoms with E-state index in [0.717, 1.165) is 16.3 Å². The van der Waals surface area contributed by atoms with Crippen molar-refractivity contribution < 1.29 is 14.0 Å². The number of carbonyl (C=O) groups is 2. The second-order valence-corrected chi connectivity index (χ2v) is 7.88. The smallest absolute Gasteiger partial charge is 0.322 e. The summed E-state index contributed by atoms with van der Waals surface area (Å²) in [6.07, 6.45) is 0.292. The molecule has 1 fully saturated rings. The molecule has 0 bridgehead atoms. The molecule has 2 aromatic carbocycles. The number of carbonyl (C=O) groups excluding carboxylic acids is 2. The molecular formula is C21H20N4O3S. The average Bonchev–Trinajstić information content (AvgIpc) is 3.36. The third kappa shape index (κ3) is 4.17. The quantitative estimate of drug-likeness (QED) is 0.621. The standard InChI is InChI=1S/C21H20N4O3S/c1-2-29-17-11-7-6-10-16(17)19(27)22-21-24-23-20(28-21)14-12-18(26)25(13-14)15-8-4-3-5-9-15/h3-11,14H,2,12-13H2,1H3,(H,22,24,27). The Kier molecular flexibility index (Phi) is 5.62. The number of rotatable bonds is 6. The Hall–Kier alpha value is -3.13. The first-order valence-electron chi connectivity index (χ1n) is 9.37. The Labute approximate surface area is 172 Å². The monoisotopic (exact) mass is 408 g/mol. The van der Waals surface area contributed by atoms with E-state index in [-0.39, 0.29) is 23.7 Å². The number of benzene rings is 2. The lowest BCUT2D eigenvalue weighted by molar-refractivity contribution is -0.117. The van der Waals surface area contributed by atoms with Gasteiger partial charge in [-0.25, -0.2) is 0 Å². The normalized spacial score (nSPS) is 16.2. The van der Waals surface area contributed by atoms with Gasteiger partial charge in [-0.05, 0) is 30.0 Å². The second-order valence-electron chi connectivity index (χ2n) is 6.57. The summed E-state index contributed by atoms with van der Waals surface area (Å²) in [5.41, 5.74) is 1.41. The summed E-state index contributed by atoms with van der Waals surface area (Å²) in [6.45, 7) is 2.50. The number of hydrogen-bond donors (Lipinski definition) is 1. The minimum absolute atomic E-state index is 0.00973. The van der Waals surface area contributed by atoms with Gasteiger partial charge < -0.3 is 9.32 Å². The minimum Gasteiger partial charge on any atom is -0.407 e. The molecule has 7 nitrogen and oxygen atoms in total. The first-order chi connectivity index (χ1) is 14.2. The third-order valence-electron chi connectivity index (χ3n) is 4.63. The summed E-state index contributed by atoms with van der Waals surface area (Å²) < 4.78 is 5.65. The van der Waals surface area contributed by atoms with Crippen LogP contribution in [-0.2, 0) is 4.79 Å². The first kappa shape index (κ1) is 19.2. The van der Waals surface area contributed by atoms with Crippen LogP contribution in [-0.4, -0.2) is 34.3 Å². The summed E-state index contributed by atoms with van der Waals surface area (Å²) in [5, 5.41) is 10.7. The van der Waals surface area contributed by atoms with Crippen LogP contribution in [0, 0.1) is 0 Å². The largest absolute Gasteiger partial charge is 0.407 e. The molecule has 2 heterocycles. The molecule has 1 aliphatic heterocycles. The van der Waals surface area contributed by atoms with Crippen molar-refractivity contribution in [1.82, 2.24) is 10.2 Å². The summed E-state index contributed by atoms with van der Waals surface area (Å²) in [4.78, 5) is 27.6.